The van der Waals surface area contributed by atoms with Gasteiger partial charge < -0.3 is 0 Å². The highest BCUT2D eigenvalue weighted by atomic mass is 35.5. The van der Waals surface area contributed by atoms with Crippen molar-refractivity contribution in [2.24, 2.45) is 5.92 Å². The lowest BCUT2D eigenvalue weighted by Crippen LogP contribution is -2.29. The molecule has 0 fully saturated rings. The van der Waals surface area contributed by atoms with E-state index >= 15 is 0 Å². The number of rotatable bonds is 7. The van der Waals surface area contributed by atoms with Gasteiger partial charge in [0.15, 0.2) is 0 Å². The van der Waals surface area contributed by atoms with Crippen LogP contribution in [0.4, 0.5) is 0 Å². The molecule has 1 rings (SSSR count). The van der Waals surface area contributed by atoms with E-state index in [0.29, 0.717) is 12.4 Å². The molecule has 1 aromatic rings. The van der Waals surface area contributed by atoms with E-state index in [1.54, 1.807) is 12.1 Å². The van der Waals surface area contributed by atoms with Crippen LogP contribution in [0.25, 0.3) is 0 Å². The maximum absolute atomic E-state index is 11.8. The largest absolute Gasteiger partial charge is 0.215 e. The van der Waals surface area contributed by atoms with Crippen molar-refractivity contribution in [2.45, 2.75) is 19.1 Å². The molecule has 1 N–H and O–H groups in total. The van der Waals surface area contributed by atoms with Crippen molar-refractivity contribution in [3.05, 3.63) is 35.9 Å². The zero-order valence-corrected chi connectivity index (χ0v) is 11.5. The van der Waals surface area contributed by atoms with Crippen LogP contribution in [0, 0.1) is 5.92 Å². The van der Waals surface area contributed by atoms with Crippen LogP contribution in [-0.2, 0) is 15.8 Å². The third-order valence-electron chi connectivity index (χ3n) is 2.45. The molecule has 1 atom stereocenters. The number of alkyl halides is 1. The fourth-order valence-corrected chi connectivity index (χ4v) is 3.05. The van der Waals surface area contributed by atoms with Crippen molar-refractivity contribution in [1.29, 1.82) is 0 Å². The lowest BCUT2D eigenvalue weighted by atomic mass is 10.1. The number of hydrogen-bond donors (Lipinski definition) is 1. The van der Waals surface area contributed by atoms with E-state index in [-0.39, 0.29) is 11.7 Å². The Bertz CT molecular complexity index is 419. The van der Waals surface area contributed by atoms with Gasteiger partial charge in [0.1, 0.15) is 0 Å². The van der Waals surface area contributed by atoms with Crippen molar-refractivity contribution >= 4 is 21.6 Å². The van der Waals surface area contributed by atoms with Gasteiger partial charge in [-0.1, -0.05) is 37.3 Å². The minimum atomic E-state index is -3.24. The summed E-state index contributed by atoms with van der Waals surface area (Å²) in [5.41, 5.74) is 0.796. The van der Waals surface area contributed by atoms with Gasteiger partial charge in [-0.15, -0.1) is 11.6 Å². The van der Waals surface area contributed by atoms with Crippen molar-refractivity contribution in [3.8, 4) is 0 Å². The second kappa shape index (κ2) is 6.99. The molecule has 0 aliphatic carbocycles. The molecular weight excluding hydrogens is 258 g/mol. The van der Waals surface area contributed by atoms with Gasteiger partial charge in [-0.2, -0.15) is 0 Å². The topological polar surface area (TPSA) is 46.2 Å². The molecule has 96 valence electrons. The Balaban J connectivity index is 2.47. The van der Waals surface area contributed by atoms with E-state index < -0.39 is 10.0 Å². The van der Waals surface area contributed by atoms with Crippen molar-refractivity contribution < 1.29 is 8.42 Å². The van der Waals surface area contributed by atoms with Gasteiger partial charge in [-0.05, 0) is 17.9 Å². The molecule has 1 aromatic carbocycles. The summed E-state index contributed by atoms with van der Waals surface area (Å²) in [5, 5.41) is 0. The first-order valence-electron chi connectivity index (χ1n) is 5.61. The fraction of sp³-hybridized carbons (Fsp3) is 0.500. The average Bonchev–Trinajstić information content (AvgIpc) is 2.28. The Kier molecular flexibility index (Phi) is 5.95. The summed E-state index contributed by atoms with van der Waals surface area (Å²) >= 11 is 5.60. The summed E-state index contributed by atoms with van der Waals surface area (Å²) in [4.78, 5) is 0. The molecule has 0 bridgehead atoms. The molecule has 0 radical (unpaired) electrons. The van der Waals surface area contributed by atoms with Gasteiger partial charge in [0, 0.05) is 12.4 Å². The highest BCUT2D eigenvalue weighted by Gasteiger charge is 2.12. The first-order chi connectivity index (χ1) is 8.03. The average molecular weight is 276 g/mol. The molecule has 1 unspecified atom stereocenters. The quantitative estimate of drug-likeness (QED) is 0.777. The standard InChI is InChI=1S/C12H18ClNO2S/c1-11(7-8-13)9-14-17(15,16)10-12-5-3-2-4-6-12/h2-6,11,14H,7-10H2,1H3. The number of sulfonamides is 1. The highest BCUT2D eigenvalue weighted by Crippen LogP contribution is 2.06. The number of hydrogen-bond acceptors (Lipinski definition) is 2. The first-order valence-corrected chi connectivity index (χ1v) is 7.79. The molecule has 0 aromatic heterocycles. The molecule has 5 heteroatoms. The molecule has 0 spiro atoms. The van der Waals surface area contributed by atoms with E-state index in [1.165, 1.54) is 0 Å². The molecular formula is C12H18ClNO2S. The van der Waals surface area contributed by atoms with E-state index in [4.69, 9.17) is 11.6 Å². The molecule has 0 aliphatic heterocycles. The second-order valence-corrected chi connectivity index (χ2v) is 6.36. The SMILES string of the molecule is CC(CCCl)CNS(=O)(=O)Cc1ccccc1. The summed E-state index contributed by atoms with van der Waals surface area (Å²) in [5.74, 6) is 0.848. The number of halogens is 1. The van der Waals surface area contributed by atoms with E-state index in [1.807, 2.05) is 25.1 Å². The minimum absolute atomic E-state index is 0.0292. The maximum atomic E-state index is 11.8. The summed E-state index contributed by atoms with van der Waals surface area (Å²) in [6.07, 6.45) is 0.815. The van der Waals surface area contributed by atoms with Gasteiger partial charge in [-0.25, -0.2) is 13.1 Å². The van der Waals surface area contributed by atoms with Crippen LogP contribution < -0.4 is 4.72 Å². The van der Waals surface area contributed by atoms with Gasteiger partial charge in [-0.3, -0.25) is 0 Å². The lowest BCUT2D eigenvalue weighted by Gasteiger charge is -2.11. The zero-order valence-electron chi connectivity index (χ0n) is 9.90. The normalized spacial score (nSPS) is 13.5. The van der Waals surface area contributed by atoms with Crippen LogP contribution in [0.1, 0.15) is 18.9 Å². The van der Waals surface area contributed by atoms with E-state index in [0.717, 1.165) is 12.0 Å². The molecule has 0 saturated carbocycles. The monoisotopic (exact) mass is 275 g/mol. The molecule has 0 amide bonds. The maximum Gasteiger partial charge on any atom is 0.215 e. The summed E-state index contributed by atoms with van der Waals surface area (Å²) in [7, 11) is -3.24. The summed E-state index contributed by atoms with van der Waals surface area (Å²) in [6.45, 7) is 2.43. The predicted molar refractivity (Wildman–Crippen MR) is 71.6 cm³/mol. The fourth-order valence-electron chi connectivity index (χ4n) is 1.40. The van der Waals surface area contributed by atoms with E-state index in [9.17, 15) is 8.42 Å². The molecule has 17 heavy (non-hydrogen) atoms. The van der Waals surface area contributed by atoms with Gasteiger partial charge >= 0.3 is 0 Å². The molecule has 0 heterocycles. The Labute approximate surface area is 108 Å². The predicted octanol–water partition coefficient (Wildman–Crippen LogP) is 2.37. The Morgan fingerprint density at radius 3 is 2.53 bits per heavy atom. The Morgan fingerprint density at radius 2 is 1.94 bits per heavy atom. The lowest BCUT2D eigenvalue weighted by molar-refractivity contribution is 0.529. The van der Waals surface area contributed by atoms with Crippen LogP contribution in [0.5, 0.6) is 0 Å². The first kappa shape index (κ1) is 14.5. The van der Waals surface area contributed by atoms with Crippen LogP contribution in [0.15, 0.2) is 30.3 Å². The van der Waals surface area contributed by atoms with Gasteiger partial charge in [0.05, 0.1) is 5.75 Å². The molecule has 0 saturated heterocycles. The second-order valence-electron chi connectivity index (χ2n) is 4.18. The highest BCUT2D eigenvalue weighted by molar-refractivity contribution is 7.88. The Hall–Kier alpha value is -0.580. The third-order valence-corrected chi connectivity index (χ3v) is 3.99. The summed E-state index contributed by atoms with van der Waals surface area (Å²) in [6, 6.07) is 9.15. The number of nitrogens with one attached hydrogen (secondary N) is 1. The minimum Gasteiger partial charge on any atom is -0.215 e. The van der Waals surface area contributed by atoms with Crippen LogP contribution in [0.3, 0.4) is 0 Å². The smallest absolute Gasteiger partial charge is 0.215 e. The number of benzene rings is 1. The van der Waals surface area contributed by atoms with Crippen LogP contribution >= 0.6 is 11.6 Å². The van der Waals surface area contributed by atoms with Gasteiger partial charge in [0.2, 0.25) is 10.0 Å². The Morgan fingerprint density at radius 1 is 1.29 bits per heavy atom. The van der Waals surface area contributed by atoms with Crippen molar-refractivity contribution in [1.82, 2.24) is 4.72 Å². The summed E-state index contributed by atoms with van der Waals surface area (Å²) < 4.78 is 26.1. The van der Waals surface area contributed by atoms with Gasteiger partial charge in [0.25, 0.3) is 0 Å². The van der Waals surface area contributed by atoms with Crippen LogP contribution in [-0.4, -0.2) is 20.8 Å². The van der Waals surface area contributed by atoms with Crippen molar-refractivity contribution in [2.75, 3.05) is 12.4 Å². The third kappa shape index (κ3) is 6.05. The molecule has 3 nitrogen and oxygen atoms in total. The van der Waals surface area contributed by atoms with Crippen molar-refractivity contribution in [3.63, 3.8) is 0 Å². The zero-order chi connectivity index (χ0) is 12.7. The van der Waals surface area contributed by atoms with E-state index in [2.05, 4.69) is 4.72 Å². The molecule has 0 aliphatic rings. The van der Waals surface area contributed by atoms with Crippen LogP contribution in [0.2, 0.25) is 0 Å².